The third kappa shape index (κ3) is 2.94. The van der Waals surface area contributed by atoms with Gasteiger partial charge in [0.1, 0.15) is 11.3 Å². The lowest BCUT2D eigenvalue weighted by molar-refractivity contribution is 0.0597. The van der Waals surface area contributed by atoms with Crippen molar-refractivity contribution in [3.63, 3.8) is 0 Å². The van der Waals surface area contributed by atoms with Crippen LogP contribution in [0.25, 0.3) is 0 Å². The number of phenols is 1. The van der Waals surface area contributed by atoms with Crippen molar-refractivity contribution >= 4 is 16.0 Å². The lowest BCUT2D eigenvalue weighted by Gasteiger charge is -2.17. The zero-order valence-corrected chi connectivity index (χ0v) is 12.2. The molecule has 0 amide bonds. The molecule has 1 aliphatic rings. The van der Waals surface area contributed by atoms with Crippen molar-refractivity contribution in [2.45, 2.75) is 17.7 Å². The number of ether oxygens (including phenoxy) is 1. The van der Waals surface area contributed by atoms with E-state index in [4.69, 9.17) is 0 Å². The largest absolute Gasteiger partial charge is 0.507 e. The molecule has 0 aliphatic heterocycles. The molecule has 1 saturated carbocycles. The van der Waals surface area contributed by atoms with Crippen LogP contribution in [0.1, 0.15) is 23.2 Å². The summed E-state index contributed by atoms with van der Waals surface area (Å²) in [7, 11) is -0.980. The van der Waals surface area contributed by atoms with Crippen LogP contribution in [0.5, 0.6) is 5.75 Å². The smallest absolute Gasteiger partial charge is 0.341 e. The van der Waals surface area contributed by atoms with Gasteiger partial charge >= 0.3 is 5.97 Å². The summed E-state index contributed by atoms with van der Waals surface area (Å²) in [4.78, 5) is 11.5. The van der Waals surface area contributed by atoms with E-state index in [1.807, 2.05) is 0 Å². The number of carbonyl (C=O) groups is 1. The maximum absolute atomic E-state index is 12.4. The fourth-order valence-electron chi connectivity index (χ4n) is 1.89. The van der Waals surface area contributed by atoms with E-state index in [2.05, 4.69) is 4.74 Å². The van der Waals surface area contributed by atoms with E-state index in [9.17, 15) is 18.3 Å². The van der Waals surface area contributed by atoms with Crippen LogP contribution >= 0.6 is 0 Å². The third-order valence-corrected chi connectivity index (χ3v) is 5.11. The average Bonchev–Trinajstić information content (AvgIpc) is 3.22. The van der Waals surface area contributed by atoms with Gasteiger partial charge in [-0.15, -0.1) is 0 Å². The highest BCUT2D eigenvalue weighted by Crippen LogP contribution is 2.31. The number of hydrogen-bond donors (Lipinski definition) is 1. The topological polar surface area (TPSA) is 83.9 Å². The standard InChI is InChI=1S/C13H17NO5S/c1-14(8-9-3-4-9)20(17,18)10-5-6-12(15)11(7-10)13(16)19-2/h5-7,9,15H,3-4,8H2,1-2H3. The molecule has 0 spiro atoms. The molecule has 1 aromatic carbocycles. The Morgan fingerprint density at radius 3 is 2.65 bits per heavy atom. The van der Waals surface area contributed by atoms with Gasteiger partial charge < -0.3 is 9.84 Å². The zero-order chi connectivity index (χ0) is 14.9. The molecule has 110 valence electrons. The van der Waals surface area contributed by atoms with Crippen molar-refractivity contribution in [3.05, 3.63) is 23.8 Å². The minimum atomic E-state index is -3.66. The Morgan fingerprint density at radius 1 is 1.45 bits per heavy atom. The highest BCUT2D eigenvalue weighted by molar-refractivity contribution is 7.89. The molecule has 0 heterocycles. The molecule has 0 atom stereocenters. The first-order valence-electron chi connectivity index (χ1n) is 6.24. The van der Waals surface area contributed by atoms with E-state index in [0.29, 0.717) is 12.5 Å². The van der Waals surface area contributed by atoms with Gasteiger partial charge in [0.15, 0.2) is 0 Å². The van der Waals surface area contributed by atoms with Gasteiger partial charge in [-0.2, -0.15) is 0 Å². The van der Waals surface area contributed by atoms with Crippen LogP contribution < -0.4 is 0 Å². The van der Waals surface area contributed by atoms with Crippen LogP contribution in [0.2, 0.25) is 0 Å². The molecule has 1 fully saturated rings. The van der Waals surface area contributed by atoms with Crippen LogP contribution in [-0.4, -0.2) is 44.5 Å². The molecule has 0 aromatic heterocycles. The molecule has 0 radical (unpaired) electrons. The number of methoxy groups -OCH3 is 1. The third-order valence-electron chi connectivity index (χ3n) is 3.29. The highest BCUT2D eigenvalue weighted by atomic mass is 32.2. The Balaban J connectivity index is 2.33. The molecule has 0 bridgehead atoms. The Morgan fingerprint density at radius 2 is 2.10 bits per heavy atom. The van der Waals surface area contributed by atoms with Crippen LogP contribution in [0.3, 0.4) is 0 Å². The van der Waals surface area contributed by atoms with Crippen molar-refractivity contribution in [2.75, 3.05) is 20.7 Å². The fraction of sp³-hybridized carbons (Fsp3) is 0.462. The summed E-state index contributed by atoms with van der Waals surface area (Å²) in [6.07, 6.45) is 2.09. The van der Waals surface area contributed by atoms with Crippen LogP contribution in [0, 0.1) is 5.92 Å². The van der Waals surface area contributed by atoms with Crippen LogP contribution in [-0.2, 0) is 14.8 Å². The Hall–Kier alpha value is -1.60. The van der Waals surface area contributed by atoms with Crippen molar-refractivity contribution in [1.82, 2.24) is 4.31 Å². The molecule has 1 N–H and O–H groups in total. The van der Waals surface area contributed by atoms with Gasteiger partial charge in [0, 0.05) is 13.6 Å². The summed E-state index contributed by atoms with van der Waals surface area (Å²) in [5.41, 5.74) is -0.159. The number of carbonyl (C=O) groups excluding carboxylic acids is 1. The van der Waals surface area contributed by atoms with E-state index in [0.717, 1.165) is 18.9 Å². The Bertz CT molecular complexity index is 622. The van der Waals surface area contributed by atoms with Gasteiger partial charge in [-0.3, -0.25) is 0 Å². The molecule has 1 aromatic rings. The molecule has 20 heavy (non-hydrogen) atoms. The maximum atomic E-state index is 12.4. The van der Waals surface area contributed by atoms with Gasteiger partial charge in [0.2, 0.25) is 10.0 Å². The Kier molecular flexibility index (Phi) is 4.01. The molecule has 1 aliphatic carbocycles. The van der Waals surface area contributed by atoms with Gasteiger partial charge in [-0.05, 0) is 37.0 Å². The summed E-state index contributed by atoms with van der Waals surface area (Å²) >= 11 is 0. The maximum Gasteiger partial charge on any atom is 0.341 e. The van der Waals surface area contributed by atoms with Gasteiger partial charge in [0.25, 0.3) is 0 Å². The number of aromatic hydroxyl groups is 1. The quantitative estimate of drug-likeness (QED) is 0.826. The molecule has 6 nitrogen and oxygen atoms in total. The molecule has 2 rings (SSSR count). The first-order chi connectivity index (χ1) is 9.36. The van der Waals surface area contributed by atoms with Crippen molar-refractivity contribution in [3.8, 4) is 5.75 Å². The summed E-state index contributed by atoms with van der Waals surface area (Å²) < 4.78 is 30.5. The monoisotopic (exact) mass is 299 g/mol. The summed E-state index contributed by atoms with van der Waals surface area (Å²) in [5.74, 6) is -0.656. The number of phenolic OH excluding ortho intramolecular Hbond substituents is 1. The molecule has 0 saturated heterocycles. The zero-order valence-electron chi connectivity index (χ0n) is 11.4. The van der Waals surface area contributed by atoms with Gasteiger partial charge in [-0.1, -0.05) is 0 Å². The number of esters is 1. The SMILES string of the molecule is COC(=O)c1cc(S(=O)(=O)N(C)CC2CC2)ccc1O. The lowest BCUT2D eigenvalue weighted by Crippen LogP contribution is -2.29. The first kappa shape index (κ1) is 14.8. The van der Waals surface area contributed by atoms with Crippen molar-refractivity contribution in [1.29, 1.82) is 0 Å². The second kappa shape index (κ2) is 5.41. The van der Waals surface area contributed by atoms with E-state index >= 15 is 0 Å². The molecular weight excluding hydrogens is 282 g/mol. The second-order valence-corrected chi connectivity index (χ2v) is 6.94. The lowest BCUT2D eigenvalue weighted by atomic mass is 10.2. The minimum Gasteiger partial charge on any atom is -0.507 e. The predicted octanol–water partition coefficient (Wildman–Crippen LogP) is 1.21. The predicted molar refractivity (Wildman–Crippen MR) is 72.0 cm³/mol. The Labute approximate surface area is 118 Å². The van der Waals surface area contributed by atoms with Gasteiger partial charge in [-0.25, -0.2) is 17.5 Å². The number of rotatable bonds is 5. The number of sulfonamides is 1. The summed E-state index contributed by atoms with van der Waals surface area (Å²) in [6.45, 7) is 0.469. The molecule has 7 heteroatoms. The van der Waals surface area contributed by atoms with Gasteiger partial charge in [0.05, 0.1) is 12.0 Å². The van der Waals surface area contributed by atoms with Crippen molar-refractivity contribution < 1.29 is 23.1 Å². The van der Waals surface area contributed by atoms with E-state index in [1.54, 1.807) is 0 Å². The average molecular weight is 299 g/mol. The molecular formula is C13H17NO5S. The fourth-order valence-corrected chi connectivity index (χ4v) is 3.16. The minimum absolute atomic E-state index is 0.0288. The number of nitrogens with zero attached hydrogens (tertiary/aromatic N) is 1. The van der Waals surface area contributed by atoms with Crippen LogP contribution in [0.15, 0.2) is 23.1 Å². The normalized spacial score (nSPS) is 15.3. The van der Waals surface area contributed by atoms with E-state index in [-0.39, 0.29) is 16.2 Å². The molecule has 0 unspecified atom stereocenters. The number of hydrogen-bond acceptors (Lipinski definition) is 5. The summed E-state index contributed by atoms with van der Waals surface area (Å²) in [6, 6.07) is 3.60. The highest BCUT2D eigenvalue weighted by Gasteiger charge is 2.30. The number of benzene rings is 1. The second-order valence-electron chi connectivity index (χ2n) is 4.90. The van der Waals surface area contributed by atoms with Crippen LogP contribution in [0.4, 0.5) is 0 Å². The van der Waals surface area contributed by atoms with Crippen molar-refractivity contribution in [2.24, 2.45) is 5.92 Å². The first-order valence-corrected chi connectivity index (χ1v) is 7.68. The summed E-state index contributed by atoms with van der Waals surface area (Å²) in [5, 5.41) is 9.59. The van der Waals surface area contributed by atoms with E-state index < -0.39 is 16.0 Å². The van der Waals surface area contributed by atoms with E-state index in [1.165, 1.54) is 30.6 Å².